The predicted molar refractivity (Wildman–Crippen MR) is 158 cm³/mol. The molecule has 1 aliphatic rings. The maximum atomic E-state index is 13.5. The van der Waals surface area contributed by atoms with Crippen molar-refractivity contribution in [1.82, 2.24) is 25.1 Å². The van der Waals surface area contributed by atoms with Gasteiger partial charge >= 0.3 is 0 Å². The SMILES string of the molecule is CCCNc1nc(Nc2cccc(F)c2)ncc1C#CCCCNC(=O)[C@]1(C)C[C@@H](O)CN1C(=O)/C=C/CN(C)C. The fourth-order valence-corrected chi connectivity index (χ4v) is 4.38. The monoisotopic (exact) mass is 565 g/mol. The number of anilines is 3. The Hall–Kier alpha value is -4.01. The zero-order valence-corrected chi connectivity index (χ0v) is 24.2. The van der Waals surface area contributed by atoms with E-state index in [2.05, 4.69) is 37.8 Å². The number of nitrogens with one attached hydrogen (secondary N) is 3. The Kier molecular flexibility index (Phi) is 11.6. The second kappa shape index (κ2) is 15.1. The molecule has 1 aromatic heterocycles. The standard InChI is InChI=1S/C30H40FN7O3/c1-5-15-32-27-22(20-34-29(36-27)35-24-13-9-12-23(31)18-24)11-7-6-8-16-33-28(41)30(2)19-25(39)21-38(30)26(40)14-10-17-37(3)4/h9-10,12-14,18,20,25,39H,5-6,8,15-17,19,21H2,1-4H3,(H,33,41)(H2,32,34,35,36)/b14-10+/t25-,30+/m1/s1. The third-order valence-electron chi connectivity index (χ3n) is 6.51. The molecular formula is C30H40FN7O3. The lowest BCUT2D eigenvalue weighted by Gasteiger charge is -2.32. The van der Waals surface area contributed by atoms with E-state index in [1.165, 1.54) is 23.1 Å². The van der Waals surface area contributed by atoms with E-state index in [1.807, 2.05) is 25.9 Å². The molecule has 0 unspecified atom stereocenters. The van der Waals surface area contributed by atoms with E-state index in [9.17, 15) is 19.1 Å². The number of hydrogen-bond donors (Lipinski definition) is 4. The number of β-amino-alcohol motifs (C(OH)–C–C–N with tert-alkyl or cyclic N) is 1. The molecule has 0 bridgehead atoms. The summed E-state index contributed by atoms with van der Waals surface area (Å²) >= 11 is 0. The molecule has 3 rings (SSSR count). The lowest BCUT2D eigenvalue weighted by atomic mass is 9.96. The van der Waals surface area contributed by atoms with E-state index in [1.54, 1.807) is 31.3 Å². The lowest BCUT2D eigenvalue weighted by Crippen LogP contribution is -2.55. The van der Waals surface area contributed by atoms with Gasteiger partial charge in [0.05, 0.1) is 17.9 Å². The van der Waals surface area contributed by atoms with Gasteiger partial charge in [-0.15, -0.1) is 0 Å². The molecule has 2 atom stereocenters. The largest absolute Gasteiger partial charge is 0.391 e. The summed E-state index contributed by atoms with van der Waals surface area (Å²) in [7, 11) is 3.80. The molecule has 2 aromatic rings. The van der Waals surface area contributed by atoms with Crippen molar-refractivity contribution in [3.05, 3.63) is 54.0 Å². The molecule has 41 heavy (non-hydrogen) atoms. The van der Waals surface area contributed by atoms with Crippen LogP contribution in [0.15, 0.2) is 42.6 Å². The maximum absolute atomic E-state index is 13.5. The Morgan fingerprint density at radius 2 is 2.12 bits per heavy atom. The number of hydrogen-bond acceptors (Lipinski definition) is 8. The normalized spacial score (nSPS) is 18.3. The van der Waals surface area contributed by atoms with Crippen molar-refractivity contribution in [2.24, 2.45) is 0 Å². The second-order valence-corrected chi connectivity index (χ2v) is 10.4. The summed E-state index contributed by atoms with van der Waals surface area (Å²) in [5.41, 5.74) is 0.0566. The summed E-state index contributed by atoms with van der Waals surface area (Å²) < 4.78 is 13.5. The quantitative estimate of drug-likeness (QED) is 0.176. The van der Waals surface area contributed by atoms with Crippen molar-refractivity contribution in [2.45, 2.75) is 51.2 Å². The number of nitrogens with zero attached hydrogens (tertiary/aromatic N) is 4. The van der Waals surface area contributed by atoms with E-state index < -0.39 is 11.6 Å². The van der Waals surface area contributed by atoms with Gasteiger partial charge in [0.25, 0.3) is 0 Å². The average Bonchev–Trinajstić information content (AvgIpc) is 3.25. The summed E-state index contributed by atoms with van der Waals surface area (Å²) in [6.07, 6.45) is 6.27. The number of unbranched alkanes of at least 4 members (excludes halogenated alkanes) is 1. The van der Waals surface area contributed by atoms with Crippen molar-refractivity contribution < 1.29 is 19.1 Å². The summed E-state index contributed by atoms with van der Waals surface area (Å²) in [5.74, 6) is 6.17. The van der Waals surface area contributed by atoms with Crippen LogP contribution in [0.1, 0.15) is 45.1 Å². The molecule has 0 aliphatic carbocycles. The highest BCUT2D eigenvalue weighted by molar-refractivity contribution is 5.96. The van der Waals surface area contributed by atoms with Crippen LogP contribution in [0.2, 0.25) is 0 Å². The zero-order chi connectivity index (χ0) is 29.8. The van der Waals surface area contributed by atoms with Gasteiger partial charge in [-0.25, -0.2) is 9.37 Å². The van der Waals surface area contributed by atoms with Crippen LogP contribution in [0.3, 0.4) is 0 Å². The maximum Gasteiger partial charge on any atom is 0.247 e. The van der Waals surface area contributed by atoms with E-state index in [-0.39, 0.29) is 30.6 Å². The van der Waals surface area contributed by atoms with Crippen LogP contribution in [0.25, 0.3) is 0 Å². The first-order chi connectivity index (χ1) is 19.6. The molecule has 2 amide bonds. The van der Waals surface area contributed by atoms with Gasteiger partial charge in [0.1, 0.15) is 17.2 Å². The third-order valence-corrected chi connectivity index (χ3v) is 6.51. The minimum Gasteiger partial charge on any atom is -0.391 e. The number of carbonyl (C=O) groups excluding carboxylic acids is 2. The molecule has 2 heterocycles. The summed E-state index contributed by atoms with van der Waals surface area (Å²) in [6, 6.07) is 6.06. The fraction of sp³-hybridized carbons (Fsp3) is 0.467. The van der Waals surface area contributed by atoms with Crippen LogP contribution in [0.4, 0.5) is 21.8 Å². The highest BCUT2D eigenvalue weighted by Gasteiger charge is 2.48. The van der Waals surface area contributed by atoms with Crippen molar-refractivity contribution in [1.29, 1.82) is 0 Å². The highest BCUT2D eigenvalue weighted by Crippen LogP contribution is 2.30. The first kappa shape index (κ1) is 31.5. The molecule has 10 nitrogen and oxygen atoms in total. The highest BCUT2D eigenvalue weighted by atomic mass is 19.1. The number of aliphatic hydroxyl groups excluding tert-OH is 1. The van der Waals surface area contributed by atoms with Gasteiger partial charge in [0.2, 0.25) is 17.8 Å². The van der Waals surface area contributed by atoms with E-state index in [4.69, 9.17) is 0 Å². The van der Waals surface area contributed by atoms with Crippen LogP contribution in [-0.4, -0.2) is 88.6 Å². The summed E-state index contributed by atoms with van der Waals surface area (Å²) in [6.45, 7) is 5.54. The summed E-state index contributed by atoms with van der Waals surface area (Å²) in [5, 5.41) is 19.4. The van der Waals surface area contributed by atoms with Crippen molar-refractivity contribution in [2.75, 3.05) is 50.9 Å². The Bertz CT molecular complexity index is 1290. The predicted octanol–water partition coefficient (Wildman–Crippen LogP) is 2.90. The first-order valence-electron chi connectivity index (χ1n) is 13.8. The van der Waals surface area contributed by atoms with E-state index in [0.717, 1.165) is 6.42 Å². The second-order valence-electron chi connectivity index (χ2n) is 10.4. The molecule has 0 radical (unpaired) electrons. The number of carbonyl (C=O) groups is 2. The molecule has 0 spiro atoms. The van der Waals surface area contributed by atoms with Gasteiger partial charge < -0.3 is 30.9 Å². The summed E-state index contributed by atoms with van der Waals surface area (Å²) in [4.78, 5) is 38.0. The van der Waals surface area contributed by atoms with Crippen molar-refractivity contribution in [3.8, 4) is 11.8 Å². The van der Waals surface area contributed by atoms with Gasteiger partial charge in [-0.3, -0.25) is 9.59 Å². The van der Waals surface area contributed by atoms with Crippen LogP contribution >= 0.6 is 0 Å². The third kappa shape index (κ3) is 9.27. The molecule has 11 heteroatoms. The Morgan fingerprint density at radius 1 is 1.32 bits per heavy atom. The number of rotatable bonds is 12. The number of aromatic nitrogens is 2. The van der Waals surface area contributed by atoms with Crippen LogP contribution in [0.5, 0.6) is 0 Å². The van der Waals surface area contributed by atoms with Gasteiger partial charge in [0.15, 0.2) is 0 Å². The number of aliphatic hydroxyl groups is 1. The number of likely N-dealkylation sites (N-methyl/N-ethyl adjacent to an activating group) is 1. The van der Waals surface area contributed by atoms with Crippen LogP contribution in [-0.2, 0) is 9.59 Å². The molecule has 1 aromatic carbocycles. The van der Waals surface area contributed by atoms with Gasteiger partial charge in [-0.05, 0) is 52.1 Å². The van der Waals surface area contributed by atoms with Gasteiger partial charge in [-0.2, -0.15) is 4.98 Å². The molecular weight excluding hydrogens is 525 g/mol. The molecule has 1 aliphatic heterocycles. The van der Waals surface area contributed by atoms with Gasteiger partial charge in [-0.1, -0.05) is 30.9 Å². The molecule has 220 valence electrons. The Morgan fingerprint density at radius 3 is 2.85 bits per heavy atom. The topological polar surface area (TPSA) is 123 Å². The molecule has 0 saturated carbocycles. The molecule has 1 fully saturated rings. The van der Waals surface area contributed by atoms with Crippen LogP contribution < -0.4 is 16.0 Å². The smallest absolute Gasteiger partial charge is 0.247 e. The van der Waals surface area contributed by atoms with Crippen molar-refractivity contribution >= 4 is 29.3 Å². The first-order valence-corrected chi connectivity index (χ1v) is 13.8. The van der Waals surface area contributed by atoms with Gasteiger partial charge in [0, 0.05) is 50.8 Å². The minimum atomic E-state index is -1.12. The number of likely N-dealkylation sites (tertiary alicyclic amines) is 1. The number of amides is 2. The molecule has 4 N–H and O–H groups in total. The van der Waals surface area contributed by atoms with Crippen molar-refractivity contribution in [3.63, 3.8) is 0 Å². The molecule has 1 saturated heterocycles. The number of benzene rings is 1. The Labute approximate surface area is 241 Å². The number of halogens is 1. The lowest BCUT2D eigenvalue weighted by molar-refractivity contribution is -0.141. The van der Waals surface area contributed by atoms with Crippen LogP contribution in [0, 0.1) is 17.7 Å². The average molecular weight is 566 g/mol. The fourth-order valence-electron chi connectivity index (χ4n) is 4.38. The van der Waals surface area contributed by atoms with E-state index >= 15 is 0 Å². The minimum absolute atomic E-state index is 0.119. The Balaban J connectivity index is 1.55. The van der Waals surface area contributed by atoms with E-state index in [0.29, 0.717) is 55.5 Å². The zero-order valence-electron chi connectivity index (χ0n) is 24.2.